The fraction of sp³-hybridized carbons (Fsp3) is 0.182. The first-order chi connectivity index (χ1) is 13.5. The normalized spacial score (nSPS) is 10.4. The van der Waals surface area contributed by atoms with E-state index in [1.807, 2.05) is 19.1 Å². The summed E-state index contributed by atoms with van der Waals surface area (Å²) in [7, 11) is 0. The summed E-state index contributed by atoms with van der Waals surface area (Å²) >= 11 is 0. The van der Waals surface area contributed by atoms with Crippen molar-refractivity contribution in [2.24, 2.45) is 0 Å². The molecule has 0 saturated carbocycles. The van der Waals surface area contributed by atoms with Crippen molar-refractivity contribution in [3.63, 3.8) is 0 Å². The van der Waals surface area contributed by atoms with Gasteiger partial charge < -0.3 is 10.6 Å². The molecule has 28 heavy (non-hydrogen) atoms. The Labute approximate surface area is 164 Å². The first-order valence-electron chi connectivity index (χ1n) is 8.99. The van der Waals surface area contributed by atoms with E-state index in [1.54, 1.807) is 24.3 Å². The van der Waals surface area contributed by atoms with Gasteiger partial charge in [0.15, 0.2) is 0 Å². The number of hydrogen-bond acceptors (Lipinski definition) is 5. The van der Waals surface area contributed by atoms with E-state index in [1.165, 1.54) is 12.3 Å². The molecule has 3 aromatic rings. The highest BCUT2D eigenvalue weighted by molar-refractivity contribution is 6.03. The zero-order valence-corrected chi connectivity index (χ0v) is 16.0. The van der Waals surface area contributed by atoms with E-state index >= 15 is 0 Å². The molecule has 0 bridgehead atoms. The van der Waals surface area contributed by atoms with Crippen molar-refractivity contribution < 1.29 is 4.79 Å². The van der Waals surface area contributed by atoms with Gasteiger partial charge >= 0.3 is 0 Å². The van der Waals surface area contributed by atoms with Crippen molar-refractivity contribution in [3.8, 4) is 6.07 Å². The van der Waals surface area contributed by atoms with Crippen LogP contribution >= 0.6 is 0 Å². The summed E-state index contributed by atoms with van der Waals surface area (Å²) < 4.78 is 0. The second-order valence-electron chi connectivity index (χ2n) is 6.70. The van der Waals surface area contributed by atoms with Gasteiger partial charge in [-0.05, 0) is 42.2 Å². The summed E-state index contributed by atoms with van der Waals surface area (Å²) in [4.78, 5) is 21.2. The third kappa shape index (κ3) is 4.15. The van der Waals surface area contributed by atoms with Gasteiger partial charge in [0.1, 0.15) is 11.8 Å². The highest BCUT2D eigenvalue weighted by Gasteiger charge is 2.14. The van der Waals surface area contributed by atoms with Gasteiger partial charge in [0.05, 0.1) is 11.3 Å². The summed E-state index contributed by atoms with van der Waals surface area (Å²) in [5, 5.41) is 15.1. The molecule has 0 saturated heterocycles. The van der Waals surface area contributed by atoms with Gasteiger partial charge in [0.25, 0.3) is 5.91 Å². The third-order valence-corrected chi connectivity index (χ3v) is 4.35. The minimum atomic E-state index is -0.401. The maximum atomic E-state index is 12.6. The van der Waals surface area contributed by atoms with Crippen molar-refractivity contribution in [1.82, 2.24) is 9.97 Å². The summed E-state index contributed by atoms with van der Waals surface area (Å²) in [6, 6.07) is 16.5. The quantitative estimate of drug-likeness (QED) is 0.674. The van der Waals surface area contributed by atoms with Crippen LogP contribution in [0.1, 0.15) is 46.9 Å². The fourth-order valence-corrected chi connectivity index (χ4v) is 2.88. The van der Waals surface area contributed by atoms with Crippen molar-refractivity contribution in [2.45, 2.75) is 26.7 Å². The lowest BCUT2D eigenvalue weighted by molar-refractivity contribution is 0.102. The zero-order valence-electron chi connectivity index (χ0n) is 16.0. The number of carbonyl (C=O) groups is 1. The SMILES string of the molecule is Cc1cccc(C(C)C)c1Nc1nccc(C(=O)Nc2ccccc2C#N)n1. The molecule has 1 heterocycles. The lowest BCUT2D eigenvalue weighted by Gasteiger charge is -2.16. The zero-order chi connectivity index (χ0) is 20.1. The fourth-order valence-electron chi connectivity index (χ4n) is 2.88. The van der Waals surface area contributed by atoms with Crippen LogP contribution in [0, 0.1) is 18.3 Å². The predicted octanol–water partition coefficient (Wildman–Crippen LogP) is 4.78. The van der Waals surface area contributed by atoms with Crippen LogP contribution in [0.2, 0.25) is 0 Å². The number of nitrogens with one attached hydrogen (secondary N) is 2. The topological polar surface area (TPSA) is 90.7 Å². The Kier molecular flexibility index (Phi) is 5.66. The molecule has 0 radical (unpaired) electrons. The van der Waals surface area contributed by atoms with E-state index in [2.05, 4.69) is 46.6 Å². The van der Waals surface area contributed by atoms with Crippen molar-refractivity contribution >= 4 is 23.2 Å². The number of para-hydroxylation sites is 2. The summed E-state index contributed by atoms with van der Waals surface area (Å²) in [6.45, 7) is 6.26. The smallest absolute Gasteiger partial charge is 0.274 e. The van der Waals surface area contributed by atoms with Crippen LogP contribution in [0.25, 0.3) is 0 Å². The molecular weight excluding hydrogens is 350 g/mol. The molecule has 6 heteroatoms. The molecule has 0 aliphatic heterocycles. The van der Waals surface area contributed by atoms with Crippen LogP contribution in [0.15, 0.2) is 54.7 Å². The molecule has 0 aliphatic rings. The number of nitriles is 1. The molecule has 0 atom stereocenters. The Balaban J connectivity index is 1.86. The molecule has 1 aromatic heterocycles. The number of aromatic nitrogens is 2. The molecule has 0 unspecified atom stereocenters. The number of hydrogen-bond donors (Lipinski definition) is 2. The molecule has 2 N–H and O–H groups in total. The van der Waals surface area contributed by atoms with E-state index < -0.39 is 5.91 Å². The molecule has 0 fully saturated rings. The monoisotopic (exact) mass is 371 g/mol. The highest BCUT2D eigenvalue weighted by atomic mass is 16.1. The first kappa shape index (κ1) is 19.1. The van der Waals surface area contributed by atoms with Crippen LogP contribution in [0.4, 0.5) is 17.3 Å². The maximum Gasteiger partial charge on any atom is 0.274 e. The molecule has 0 spiro atoms. The molecule has 140 valence electrons. The summed E-state index contributed by atoms with van der Waals surface area (Å²) in [5.41, 5.74) is 4.23. The van der Waals surface area contributed by atoms with Crippen LogP contribution in [0.3, 0.4) is 0 Å². The van der Waals surface area contributed by atoms with Gasteiger partial charge in [-0.25, -0.2) is 9.97 Å². The van der Waals surface area contributed by atoms with Crippen LogP contribution < -0.4 is 10.6 Å². The van der Waals surface area contributed by atoms with E-state index in [0.29, 0.717) is 23.1 Å². The Morgan fingerprint density at radius 1 is 1.11 bits per heavy atom. The molecule has 2 aromatic carbocycles. The second kappa shape index (κ2) is 8.31. The summed E-state index contributed by atoms with van der Waals surface area (Å²) in [6.07, 6.45) is 1.54. The minimum absolute atomic E-state index is 0.213. The Morgan fingerprint density at radius 2 is 1.89 bits per heavy atom. The molecule has 1 amide bonds. The van der Waals surface area contributed by atoms with Crippen LogP contribution in [-0.4, -0.2) is 15.9 Å². The number of rotatable bonds is 5. The third-order valence-electron chi connectivity index (χ3n) is 4.35. The number of carbonyl (C=O) groups excluding carboxylic acids is 1. The Morgan fingerprint density at radius 3 is 2.64 bits per heavy atom. The number of anilines is 3. The minimum Gasteiger partial charge on any atom is -0.324 e. The molecule has 3 rings (SSSR count). The van der Waals surface area contributed by atoms with E-state index in [0.717, 1.165) is 16.8 Å². The standard InChI is InChI=1S/C22H21N5O/c1-14(2)17-9-6-7-15(3)20(17)27-22-24-12-11-19(26-22)21(28)25-18-10-5-4-8-16(18)13-23/h4-12,14H,1-3H3,(H,25,28)(H,24,26,27). The average Bonchev–Trinajstić information content (AvgIpc) is 2.70. The van der Waals surface area contributed by atoms with Crippen molar-refractivity contribution in [1.29, 1.82) is 5.26 Å². The van der Waals surface area contributed by atoms with Crippen LogP contribution in [0.5, 0.6) is 0 Å². The van der Waals surface area contributed by atoms with Gasteiger partial charge in [-0.3, -0.25) is 4.79 Å². The lowest BCUT2D eigenvalue weighted by Crippen LogP contribution is -2.15. The molecule has 6 nitrogen and oxygen atoms in total. The average molecular weight is 371 g/mol. The predicted molar refractivity (Wildman–Crippen MR) is 110 cm³/mol. The van der Waals surface area contributed by atoms with Gasteiger partial charge in [0.2, 0.25) is 5.95 Å². The number of amides is 1. The van der Waals surface area contributed by atoms with E-state index in [4.69, 9.17) is 5.26 Å². The second-order valence-corrected chi connectivity index (χ2v) is 6.70. The van der Waals surface area contributed by atoms with Crippen molar-refractivity contribution in [2.75, 3.05) is 10.6 Å². The van der Waals surface area contributed by atoms with E-state index in [9.17, 15) is 4.79 Å². The van der Waals surface area contributed by atoms with Gasteiger partial charge in [-0.15, -0.1) is 0 Å². The Hall–Kier alpha value is -3.72. The highest BCUT2D eigenvalue weighted by Crippen LogP contribution is 2.29. The number of nitrogens with zero attached hydrogens (tertiary/aromatic N) is 3. The van der Waals surface area contributed by atoms with E-state index in [-0.39, 0.29) is 5.69 Å². The molecule has 0 aliphatic carbocycles. The lowest BCUT2D eigenvalue weighted by atomic mass is 9.98. The maximum absolute atomic E-state index is 12.6. The van der Waals surface area contributed by atoms with Gasteiger partial charge in [-0.2, -0.15) is 5.26 Å². The number of aryl methyl sites for hydroxylation is 1. The number of benzene rings is 2. The van der Waals surface area contributed by atoms with Crippen molar-refractivity contribution in [3.05, 3.63) is 77.1 Å². The summed E-state index contributed by atoms with van der Waals surface area (Å²) in [5.74, 6) is 0.274. The van der Waals surface area contributed by atoms with Crippen LogP contribution in [-0.2, 0) is 0 Å². The Bertz CT molecular complexity index is 1050. The first-order valence-corrected chi connectivity index (χ1v) is 8.99. The largest absolute Gasteiger partial charge is 0.324 e. The van der Waals surface area contributed by atoms with Gasteiger partial charge in [0, 0.05) is 11.9 Å². The molecular formula is C22H21N5O. The van der Waals surface area contributed by atoms with Gasteiger partial charge in [-0.1, -0.05) is 44.2 Å².